The quantitative estimate of drug-likeness (QED) is 0.199. The van der Waals surface area contributed by atoms with Crippen LogP contribution in [0.2, 0.25) is 0 Å². The Kier molecular flexibility index (Phi) is 6.09. The summed E-state index contributed by atoms with van der Waals surface area (Å²) < 4.78 is 13.2. The third-order valence-corrected chi connectivity index (χ3v) is 9.21. The zero-order chi connectivity index (χ0) is 31.5. The summed E-state index contributed by atoms with van der Waals surface area (Å²) in [5, 5.41) is 0. The molecule has 2 aliphatic rings. The number of para-hydroxylation sites is 1. The van der Waals surface area contributed by atoms with Crippen LogP contribution in [0, 0.1) is 0 Å². The van der Waals surface area contributed by atoms with Crippen LogP contribution in [0.4, 0.5) is 0 Å². The Morgan fingerprint density at radius 2 is 0.936 bits per heavy atom. The van der Waals surface area contributed by atoms with Crippen LogP contribution in [0.25, 0.3) is 56.4 Å². The van der Waals surface area contributed by atoms with E-state index in [9.17, 15) is 0 Å². The van der Waals surface area contributed by atoms with Crippen molar-refractivity contribution in [3.8, 4) is 79.4 Å². The zero-order valence-corrected chi connectivity index (χ0v) is 25.9. The molecule has 7 aromatic rings. The van der Waals surface area contributed by atoms with Crippen LogP contribution < -0.4 is 9.47 Å². The number of fused-ring (bicyclic) bond motifs is 5. The van der Waals surface area contributed by atoms with Crippen molar-refractivity contribution in [3.05, 3.63) is 151 Å². The average Bonchev–Trinajstić information content (AvgIpc) is 3.35. The third kappa shape index (κ3) is 4.50. The van der Waals surface area contributed by atoms with E-state index in [4.69, 9.17) is 24.4 Å². The van der Waals surface area contributed by atoms with E-state index >= 15 is 0 Å². The molecule has 0 atom stereocenters. The molecule has 0 spiro atoms. The Balaban J connectivity index is 1.08. The number of benzene rings is 6. The Morgan fingerprint density at radius 3 is 1.60 bits per heavy atom. The van der Waals surface area contributed by atoms with E-state index in [1.165, 1.54) is 22.3 Å². The van der Waals surface area contributed by atoms with Gasteiger partial charge in [-0.25, -0.2) is 15.0 Å². The van der Waals surface area contributed by atoms with Gasteiger partial charge in [0.15, 0.2) is 40.5 Å². The minimum Gasteiger partial charge on any atom is -0.449 e. The predicted molar refractivity (Wildman–Crippen MR) is 186 cm³/mol. The van der Waals surface area contributed by atoms with Gasteiger partial charge in [-0.3, -0.25) is 0 Å². The van der Waals surface area contributed by atoms with Gasteiger partial charge in [0, 0.05) is 27.7 Å². The number of nitrogens with zero attached hydrogens (tertiary/aromatic N) is 3. The van der Waals surface area contributed by atoms with Crippen LogP contribution in [0.15, 0.2) is 140 Å². The maximum Gasteiger partial charge on any atom is 0.177 e. The van der Waals surface area contributed by atoms with Gasteiger partial charge in [-0.15, -0.1) is 0 Å². The highest BCUT2D eigenvalue weighted by Gasteiger charge is 2.37. The molecular weight excluding hydrogens is 578 g/mol. The standard InChI is InChI=1S/C42H29N3O2/c1-42(2)33-18-10-9-16-31(33)32-24-36-37(25-34(32)42)47-38-30(17-11-19-35(38)46-36)26-20-22-29(23-21-26)41-44-39(27-12-5-3-6-13-27)43-40(45-41)28-14-7-4-8-15-28/h3-25H,1-2H3. The van der Waals surface area contributed by atoms with Crippen LogP contribution in [0.1, 0.15) is 25.0 Å². The average molecular weight is 608 g/mol. The van der Waals surface area contributed by atoms with E-state index in [0.717, 1.165) is 39.3 Å². The summed E-state index contributed by atoms with van der Waals surface area (Å²) in [5.74, 6) is 4.75. The van der Waals surface area contributed by atoms with E-state index in [-0.39, 0.29) is 5.41 Å². The fourth-order valence-corrected chi connectivity index (χ4v) is 6.76. The second kappa shape index (κ2) is 10.5. The lowest BCUT2D eigenvalue weighted by atomic mass is 9.82. The number of hydrogen-bond donors (Lipinski definition) is 0. The van der Waals surface area contributed by atoms with Gasteiger partial charge in [-0.05, 0) is 46.0 Å². The second-order valence-corrected chi connectivity index (χ2v) is 12.5. The van der Waals surface area contributed by atoms with E-state index in [1.807, 2.05) is 72.8 Å². The zero-order valence-electron chi connectivity index (χ0n) is 25.9. The summed E-state index contributed by atoms with van der Waals surface area (Å²) in [6, 6.07) is 47.2. The lowest BCUT2D eigenvalue weighted by Crippen LogP contribution is -2.15. The third-order valence-electron chi connectivity index (χ3n) is 9.21. The second-order valence-electron chi connectivity index (χ2n) is 12.5. The highest BCUT2D eigenvalue weighted by Crippen LogP contribution is 2.56. The van der Waals surface area contributed by atoms with Crippen molar-refractivity contribution in [2.75, 3.05) is 0 Å². The summed E-state index contributed by atoms with van der Waals surface area (Å²) in [4.78, 5) is 14.6. The van der Waals surface area contributed by atoms with Crippen LogP contribution >= 0.6 is 0 Å². The molecule has 0 bridgehead atoms. The molecule has 2 heterocycles. The molecule has 5 heteroatoms. The maximum absolute atomic E-state index is 6.67. The lowest BCUT2D eigenvalue weighted by Gasteiger charge is -2.26. The molecule has 0 fully saturated rings. The number of rotatable bonds is 4. The van der Waals surface area contributed by atoms with Gasteiger partial charge in [-0.2, -0.15) is 0 Å². The fourth-order valence-electron chi connectivity index (χ4n) is 6.76. The highest BCUT2D eigenvalue weighted by molar-refractivity contribution is 5.84. The Morgan fingerprint density at radius 1 is 0.404 bits per heavy atom. The number of ether oxygens (including phenoxy) is 2. The summed E-state index contributed by atoms with van der Waals surface area (Å²) in [5.41, 5.74) is 9.63. The molecule has 5 nitrogen and oxygen atoms in total. The summed E-state index contributed by atoms with van der Waals surface area (Å²) in [7, 11) is 0. The van der Waals surface area contributed by atoms with Crippen molar-refractivity contribution in [2.24, 2.45) is 0 Å². The molecule has 224 valence electrons. The van der Waals surface area contributed by atoms with Crippen LogP contribution in [0.3, 0.4) is 0 Å². The SMILES string of the molecule is CC1(C)c2ccccc2-c2cc3c(cc21)Oc1c(cccc1-c1ccc(-c2nc(-c4ccccc4)nc(-c4ccccc4)n2)cc1)O3. The van der Waals surface area contributed by atoms with Crippen molar-refractivity contribution in [1.29, 1.82) is 0 Å². The Hall–Kier alpha value is -6.07. The molecule has 1 aromatic heterocycles. The summed E-state index contributed by atoms with van der Waals surface area (Å²) in [6.07, 6.45) is 0. The van der Waals surface area contributed by atoms with E-state index < -0.39 is 0 Å². The normalized spacial score (nSPS) is 13.4. The van der Waals surface area contributed by atoms with Crippen molar-refractivity contribution in [1.82, 2.24) is 15.0 Å². The molecule has 0 amide bonds. The van der Waals surface area contributed by atoms with Gasteiger partial charge >= 0.3 is 0 Å². The Bertz CT molecular complexity index is 2260. The Labute approximate surface area is 273 Å². The van der Waals surface area contributed by atoms with Gasteiger partial charge in [0.05, 0.1) is 0 Å². The fraction of sp³-hybridized carbons (Fsp3) is 0.0714. The van der Waals surface area contributed by atoms with Crippen molar-refractivity contribution < 1.29 is 9.47 Å². The van der Waals surface area contributed by atoms with Crippen molar-refractivity contribution in [3.63, 3.8) is 0 Å². The van der Waals surface area contributed by atoms with Gasteiger partial charge in [-0.1, -0.05) is 135 Å². The van der Waals surface area contributed by atoms with Crippen molar-refractivity contribution >= 4 is 0 Å². The molecule has 0 saturated heterocycles. The highest BCUT2D eigenvalue weighted by atomic mass is 16.6. The van der Waals surface area contributed by atoms with Gasteiger partial charge in [0.25, 0.3) is 0 Å². The molecule has 1 aliphatic heterocycles. The first kappa shape index (κ1) is 27.3. The van der Waals surface area contributed by atoms with E-state index in [1.54, 1.807) is 0 Å². The monoisotopic (exact) mass is 607 g/mol. The summed E-state index contributed by atoms with van der Waals surface area (Å²) in [6.45, 7) is 4.54. The molecule has 47 heavy (non-hydrogen) atoms. The van der Waals surface area contributed by atoms with E-state index in [0.29, 0.717) is 29.0 Å². The van der Waals surface area contributed by atoms with E-state index in [2.05, 4.69) is 80.6 Å². The minimum atomic E-state index is -0.129. The van der Waals surface area contributed by atoms with Gasteiger partial charge in [0.1, 0.15) is 0 Å². The topological polar surface area (TPSA) is 57.1 Å². The smallest absolute Gasteiger partial charge is 0.177 e. The molecular formula is C42H29N3O2. The predicted octanol–water partition coefficient (Wildman–Crippen LogP) is 10.7. The number of hydrogen-bond acceptors (Lipinski definition) is 5. The van der Waals surface area contributed by atoms with Gasteiger partial charge < -0.3 is 9.47 Å². The molecule has 0 saturated carbocycles. The minimum absolute atomic E-state index is 0.129. The molecule has 0 radical (unpaired) electrons. The first-order valence-corrected chi connectivity index (χ1v) is 15.8. The maximum atomic E-state index is 6.67. The van der Waals surface area contributed by atoms with Crippen LogP contribution in [0.5, 0.6) is 23.0 Å². The van der Waals surface area contributed by atoms with Crippen LogP contribution in [-0.4, -0.2) is 15.0 Å². The molecule has 9 rings (SSSR count). The first-order valence-electron chi connectivity index (χ1n) is 15.8. The van der Waals surface area contributed by atoms with Crippen LogP contribution in [-0.2, 0) is 5.41 Å². The molecule has 6 aromatic carbocycles. The van der Waals surface area contributed by atoms with Gasteiger partial charge in [0.2, 0.25) is 0 Å². The largest absolute Gasteiger partial charge is 0.449 e. The first-order chi connectivity index (χ1) is 23.0. The lowest BCUT2D eigenvalue weighted by molar-refractivity contribution is 0.360. The molecule has 0 N–H and O–H groups in total. The number of aromatic nitrogens is 3. The summed E-state index contributed by atoms with van der Waals surface area (Å²) >= 11 is 0. The van der Waals surface area contributed by atoms with Crippen molar-refractivity contribution in [2.45, 2.75) is 19.3 Å². The molecule has 1 aliphatic carbocycles. The molecule has 0 unspecified atom stereocenters.